The largest absolute Gasteiger partial charge is 0.383 e. The minimum atomic E-state index is -0.132. The van der Waals surface area contributed by atoms with Crippen LogP contribution in [0.5, 0.6) is 0 Å². The Morgan fingerprint density at radius 3 is 3.13 bits per heavy atom. The maximum Gasteiger partial charge on any atom is 0.330 e. The Balaban J connectivity index is 1.79. The number of urea groups is 1. The van der Waals surface area contributed by atoms with Gasteiger partial charge in [-0.15, -0.1) is 0 Å². The van der Waals surface area contributed by atoms with Crippen LogP contribution in [0, 0.1) is 0 Å². The average molecular weight is 320 g/mol. The van der Waals surface area contributed by atoms with Crippen molar-refractivity contribution >= 4 is 17.2 Å². The number of nitrogens with one attached hydrogen (secondary N) is 1. The fourth-order valence-corrected chi connectivity index (χ4v) is 2.93. The number of methoxy groups -OCH3 is 1. The average Bonchev–Trinajstić information content (AvgIpc) is 3.13. The molecule has 1 saturated heterocycles. The first-order chi connectivity index (χ1) is 11.1. The van der Waals surface area contributed by atoms with E-state index in [-0.39, 0.29) is 17.8 Å². The summed E-state index contributed by atoms with van der Waals surface area (Å²) >= 11 is 0. The van der Waals surface area contributed by atoms with Gasteiger partial charge in [-0.3, -0.25) is 9.13 Å². The molecular formula is C14H20N6O3. The van der Waals surface area contributed by atoms with Crippen LogP contribution in [-0.4, -0.2) is 63.4 Å². The van der Waals surface area contributed by atoms with Crippen molar-refractivity contribution in [2.75, 3.05) is 33.4 Å². The van der Waals surface area contributed by atoms with Crippen LogP contribution in [-0.2, 0) is 11.8 Å². The van der Waals surface area contributed by atoms with Gasteiger partial charge in [0.05, 0.1) is 18.8 Å². The minimum Gasteiger partial charge on any atom is -0.383 e. The van der Waals surface area contributed by atoms with E-state index in [0.717, 1.165) is 6.42 Å². The predicted molar refractivity (Wildman–Crippen MR) is 83.3 cm³/mol. The Kier molecular flexibility index (Phi) is 4.28. The molecule has 3 heterocycles. The lowest BCUT2D eigenvalue weighted by molar-refractivity contribution is 0.184. The maximum atomic E-state index is 12.5. The first-order valence-corrected chi connectivity index (χ1v) is 7.52. The summed E-state index contributed by atoms with van der Waals surface area (Å²) in [5.74, 6) is 0. The quantitative estimate of drug-likeness (QED) is 0.783. The SMILES string of the molecule is COCCNC(=O)N1CCC(n2c(=O)n(C)c3cncnc32)C1. The minimum absolute atomic E-state index is 0.0747. The van der Waals surface area contributed by atoms with E-state index in [4.69, 9.17) is 4.74 Å². The third-order valence-electron chi connectivity index (χ3n) is 4.15. The molecule has 0 aliphatic carbocycles. The molecule has 1 N–H and O–H groups in total. The zero-order valence-electron chi connectivity index (χ0n) is 13.2. The molecule has 1 unspecified atom stereocenters. The molecule has 1 fully saturated rings. The van der Waals surface area contributed by atoms with E-state index < -0.39 is 0 Å². The topological polar surface area (TPSA) is 94.3 Å². The number of carbonyl (C=O) groups is 1. The van der Waals surface area contributed by atoms with Crippen LogP contribution in [0.1, 0.15) is 12.5 Å². The van der Waals surface area contributed by atoms with Gasteiger partial charge in [-0.05, 0) is 6.42 Å². The van der Waals surface area contributed by atoms with Gasteiger partial charge in [0.2, 0.25) is 0 Å². The van der Waals surface area contributed by atoms with E-state index in [0.29, 0.717) is 37.4 Å². The van der Waals surface area contributed by atoms with E-state index >= 15 is 0 Å². The third kappa shape index (κ3) is 2.79. The number of imidazole rings is 1. The molecular weight excluding hydrogens is 300 g/mol. The number of amides is 2. The van der Waals surface area contributed by atoms with Gasteiger partial charge in [0, 0.05) is 33.8 Å². The van der Waals surface area contributed by atoms with Gasteiger partial charge in [0.25, 0.3) is 0 Å². The van der Waals surface area contributed by atoms with Gasteiger partial charge in [-0.25, -0.2) is 19.6 Å². The van der Waals surface area contributed by atoms with Crippen LogP contribution in [0.4, 0.5) is 4.79 Å². The molecule has 9 heteroatoms. The lowest BCUT2D eigenvalue weighted by Gasteiger charge is -2.17. The predicted octanol–water partition coefficient (Wildman–Crippen LogP) is -0.267. The number of hydrogen-bond acceptors (Lipinski definition) is 5. The second-order valence-corrected chi connectivity index (χ2v) is 5.56. The summed E-state index contributed by atoms with van der Waals surface area (Å²) < 4.78 is 8.12. The molecule has 2 amide bonds. The first-order valence-electron chi connectivity index (χ1n) is 7.52. The Morgan fingerprint density at radius 1 is 1.52 bits per heavy atom. The van der Waals surface area contributed by atoms with E-state index in [2.05, 4.69) is 15.3 Å². The molecule has 0 saturated carbocycles. The Hall–Kier alpha value is -2.42. The van der Waals surface area contributed by atoms with Gasteiger partial charge in [0.1, 0.15) is 11.8 Å². The maximum absolute atomic E-state index is 12.5. The van der Waals surface area contributed by atoms with Crippen molar-refractivity contribution in [3.8, 4) is 0 Å². The van der Waals surface area contributed by atoms with Crippen LogP contribution in [0.15, 0.2) is 17.3 Å². The van der Waals surface area contributed by atoms with E-state index in [1.807, 2.05) is 0 Å². The van der Waals surface area contributed by atoms with Crippen molar-refractivity contribution in [1.82, 2.24) is 29.3 Å². The first kappa shape index (κ1) is 15.5. The number of ether oxygens (including phenoxy) is 1. The van der Waals surface area contributed by atoms with Gasteiger partial charge in [-0.1, -0.05) is 0 Å². The summed E-state index contributed by atoms with van der Waals surface area (Å²) in [4.78, 5) is 34.5. The zero-order chi connectivity index (χ0) is 16.4. The highest BCUT2D eigenvalue weighted by Crippen LogP contribution is 2.23. The molecule has 0 radical (unpaired) electrons. The zero-order valence-corrected chi connectivity index (χ0v) is 13.2. The molecule has 124 valence electrons. The third-order valence-corrected chi connectivity index (χ3v) is 4.15. The monoisotopic (exact) mass is 320 g/mol. The Bertz CT molecular complexity index is 767. The lowest BCUT2D eigenvalue weighted by Crippen LogP contribution is -2.40. The van der Waals surface area contributed by atoms with E-state index in [1.54, 1.807) is 29.8 Å². The van der Waals surface area contributed by atoms with Crippen molar-refractivity contribution in [2.24, 2.45) is 7.05 Å². The highest BCUT2D eigenvalue weighted by atomic mass is 16.5. The smallest absolute Gasteiger partial charge is 0.330 e. The van der Waals surface area contributed by atoms with Crippen molar-refractivity contribution in [2.45, 2.75) is 12.5 Å². The summed E-state index contributed by atoms with van der Waals surface area (Å²) in [5, 5.41) is 2.80. The highest BCUT2D eigenvalue weighted by molar-refractivity contribution is 5.74. The highest BCUT2D eigenvalue weighted by Gasteiger charge is 2.30. The summed E-state index contributed by atoms with van der Waals surface area (Å²) in [5.41, 5.74) is 1.17. The molecule has 2 aromatic heterocycles. The summed E-state index contributed by atoms with van der Waals surface area (Å²) in [6, 6.07) is -0.207. The molecule has 9 nitrogen and oxygen atoms in total. The molecule has 1 atom stereocenters. The second kappa shape index (κ2) is 6.37. The van der Waals surface area contributed by atoms with Crippen molar-refractivity contribution in [3.63, 3.8) is 0 Å². The molecule has 1 aliphatic heterocycles. The summed E-state index contributed by atoms with van der Waals surface area (Å²) in [7, 11) is 3.29. The van der Waals surface area contributed by atoms with E-state index in [1.165, 1.54) is 10.9 Å². The summed E-state index contributed by atoms with van der Waals surface area (Å²) in [6.07, 6.45) is 3.79. The number of carbonyl (C=O) groups excluding carboxylic acids is 1. The molecule has 0 bridgehead atoms. The van der Waals surface area contributed by atoms with Crippen LogP contribution in [0.25, 0.3) is 11.2 Å². The van der Waals surface area contributed by atoms with Gasteiger partial charge < -0.3 is 15.0 Å². The van der Waals surface area contributed by atoms with Crippen LogP contribution < -0.4 is 11.0 Å². The van der Waals surface area contributed by atoms with Crippen molar-refractivity contribution < 1.29 is 9.53 Å². The number of likely N-dealkylation sites (tertiary alicyclic amines) is 1. The van der Waals surface area contributed by atoms with Crippen LogP contribution in [0.2, 0.25) is 0 Å². The molecule has 0 spiro atoms. The molecule has 23 heavy (non-hydrogen) atoms. The van der Waals surface area contributed by atoms with Crippen LogP contribution >= 0.6 is 0 Å². The van der Waals surface area contributed by atoms with Gasteiger partial charge >= 0.3 is 11.7 Å². The number of hydrogen-bond donors (Lipinski definition) is 1. The van der Waals surface area contributed by atoms with Crippen molar-refractivity contribution in [1.29, 1.82) is 0 Å². The number of nitrogens with zero attached hydrogens (tertiary/aromatic N) is 5. The van der Waals surface area contributed by atoms with Gasteiger partial charge in [-0.2, -0.15) is 0 Å². The van der Waals surface area contributed by atoms with E-state index in [9.17, 15) is 9.59 Å². The number of rotatable bonds is 4. The fourth-order valence-electron chi connectivity index (χ4n) is 2.93. The molecule has 2 aromatic rings. The summed E-state index contributed by atoms with van der Waals surface area (Å²) in [6.45, 7) is 2.04. The second-order valence-electron chi connectivity index (χ2n) is 5.56. The molecule has 0 aromatic carbocycles. The standard InChI is InChI=1S/C14H20N6O3/c1-18-11-7-15-9-17-12(11)20(14(18)22)10-3-5-19(8-10)13(21)16-4-6-23-2/h7,9-10H,3-6,8H2,1-2H3,(H,16,21). The number of aryl methyl sites for hydroxylation is 1. The number of fused-ring (bicyclic) bond motifs is 1. The Labute approximate surface area is 132 Å². The molecule has 1 aliphatic rings. The number of aromatic nitrogens is 4. The molecule has 3 rings (SSSR count). The normalized spacial score (nSPS) is 17.8. The lowest BCUT2D eigenvalue weighted by atomic mass is 10.2. The van der Waals surface area contributed by atoms with Crippen molar-refractivity contribution in [3.05, 3.63) is 23.0 Å². The Morgan fingerprint density at radius 2 is 2.35 bits per heavy atom. The fraction of sp³-hybridized carbons (Fsp3) is 0.571. The van der Waals surface area contributed by atoms with Crippen LogP contribution in [0.3, 0.4) is 0 Å². The van der Waals surface area contributed by atoms with Gasteiger partial charge in [0.15, 0.2) is 5.65 Å².